The van der Waals surface area contributed by atoms with Gasteiger partial charge in [0.25, 0.3) is 0 Å². The van der Waals surface area contributed by atoms with E-state index in [0.717, 1.165) is 5.56 Å². The second-order valence-corrected chi connectivity index (χ2v) is 13.0. The molecule has 2 aromatic carbocycles. The number of nitrogens with one attached hydrogen (secondary N) is 1. The van der Waals surface area contributed by atoms with E-state index in [-0.39, 0.29) is 28.3 Å². The molecular formula is C21H25ClN2O5S2. The molecule has 0 bridgehead atoms. The van der Waals surface area contributed by atoms with Gasteiger partial charge in [0, 0.05) is 18.1 Å². The summed E-state index contributed by atoms with van der Waals surface area (Å²) in [6.07, 6.45) is 0. The molecule has 0 spiro atoms. The fraction of sp³-hybridized carbons (Fsp3) is 0.381. The number of halogens is 1. The van der Waals surface area contributed by atoms with Crippen LogP contribution in [0, 0.1) is 0 Å². The predicted molar refractivity (Wildman–Crippen MR) is 119 cm³/mol. The topological polar surface area (TPSA) is 101 Å². The van der Waals surface area contributed by atoms with E-state index in [2.05, 4.69) is 4.72 Å². The summed E-state index contributed by atoms with van der Waals surface area (Å²) in [6.45, 7) is 5.69. The number of hydrogen-bond donors (Lipinski definition) is 1. The monoisotopic (exact) mass is 484 g/mol. The average molecular weight is 485 g/mol. The van der Waals surface area contributed by atoms with Crippen LogP contribution in [0.5, 0.6) is 0 Å². The lowest BCUT2D eigenvalue weighted by atomic mass is 9.87. The van der Waals surface area contributed by atoms with E-state index in [1.807, 2.05) is 20.8 Å². The number of likely N-dealkylation sites (tertiary alicyclic amines) is 1. The number of amides is 1. The molecule has 1 aliphatic rings. The standard InChI is InChI=1S/C21H25ClN2O5S2/c1-21(2,3)15-4-8-18(9-5-15)31(28,29)23-12-20(25)24-13-19(14-24)30(26,27)17-10-6-16(22)7-11-17/h4-11,19,23H,12-14H2,1-3H3. The van der Waals surface area contributed by atoms with E-state index >= 15 is 0 Å². The molecule has 168 valence electrons. The molecule has 1 saturated heterocycles. The van der Waals surface area contributed by atoms with Gasteiger partial charge in [-0.1, -0.05) is 44.5 Å². The molecule has 1 aliphatic heterocycles. The molecular weight excluding hydrogens is 460 g/mol. The van der Waals surface area contributed by atoms with Gasteiger partial charge in [-0.15, -0.1) is 0 Å². The first-order valence-electron chi connectivity index (χ1n) is 9.68. The minimum absolute atomic E-state index is 0.0196. The van der Waals surface area contributed by atoms with Gasteiger partial charge in [0.1, 0.15) is 5.25 Å². The first kappa shape index (κ1) is 23.7. The van der Waals surface area contributed by atoms with Crippen LogP contribution in [-0.4, -0.2) is 52.5 Å². The molecule has 0 atom stereocenters. The largest absolute Gasteiger partial charge is 0.339 e. The highest BCUT2D eigenvalue weighted by Crippen LogP contribution is 2.25. The van der Waals surface area contributed by atoms with Gasteiger partial charge in [0.15, 0.2) is 9.84 Å². The van der Waals surface area contributed by atoms with E-state index in [4.69, 9.17) is 11.6 Å². The molecule has 3 rings (SSSR count). The highest BCUT2D eigenvalue weighted by Gasteiger charge is 2.40. The van der Waals surface area contributed by atoms with E-state index in [0.29, 0.717) is 5.02 Å². The highest BCUT2D eigenvalue weighted by atomic mass is 35.5. The third kappa shape index (κ3) is 5.28. The molecule has 1 heterocycles. The molecule has 2 aromatic rings. The molecule has 0 unspecified atom stereocenters. The highest BCUT2D eigenvalue weighted by molar-refractivity contribution is 7.92. The molecule has 0 radical (unpaired) electrons. The first-order valence-corrected chi connectivity index (χ1v) is 13.1. The average Bonchev–Trinajstić information content (AvgIpc) is 2.65. The van der Waals surface area contributed by atoms with Gasteiger partial charge in [-0.25, -0.2) is 21.6 Å². The molecule has 0 aromatic heterocycles. The number of carbonyl (C=O) groups excluding carboxylic acids is 1. The second-order valence-electron chi connectivity index (χ2n) is 8.52. The van der Waals surface area contributed by atoms with E-state index in [9.17, 15) is 21.6 Å². The lowest BCUT2D eigenvalue weighted by molar-refractivity contribution is -0.133. The lowest BCUT2D eigenvalue weighted by Gasteiger charge is -2.38. The van der Waals surface area contributed by atoms with Gasteiger partial charge in [-0.3, -0.25) is 4.79 Å². The fourth-order valence-corrected chi connectivity index (χ4v) is 5.89. The Bertz CT molecular complexity index is 1160. The maximum Gasteiger partial charge on any atom is 0.241 e. The number of nitrogens with zero attached hydrogens (tertiary/aromatic N) is 1. The van der Waals surface area contributed by atoms with Gasteiger partial charge in [0.05, 0.1) is 16.3 Å². The van der Waals surface area contributed by atoms with Crippen LogP contribution in [0.15, 0.2) is 58.3 Å². The quantitative estimate of drug-likeness (QED) is 0.679. The van der Waals surface area contributed by atoms with Crippen molar-refractivity contribution < 1.29 is 21.6 Å². The summed E-state index contributed by atoms with van der Waals surface area (Å²) in [6, 6.07) is 12.4. The SMILES string of the molecule is CC(C)(C)c1ccc(S(=O)(=O)NCC(=O)N2CC(S(=O)(=O)c3ccc(Cl)cc3)C2)cc1. The molecule has 10 heteroatoms. The summed E-state index contributed by atoms with van der Waals surface area (Å²) in [5.74, 6) is -0.475. The normalized spacial score (nSPS) is 15.5. The van der Waals surface area contributed by atoms with Crippen molar-refractivity contribution in [3.8, 4) is 0 Å². The van der Waals surface area contributed by atoms with E-state index in [1.165, 1.54) is 41.3 Å². The van der Waals surface area contributed by atoms with Crippen molar-refractivity contribution in [1.82, 2.24) is 9.62 Å². The van der Waals surface area contributed by atoms with Crippen molar-refractivity contribution in [2.24, 2.45) is 0 Å². The Labute approximate surface area is 188 Å². The summed E-state index contributed by atoms with van der Waals surface area (Å²) in [7, 11) is -7.43. The Kier molecular flexibility index (Phi) is 6.53. The summed E-state index contributed by atoms with van der Waals surface area (Å²) >= 11 is 5.79. The van der Waals surface area contributed by atoms with Crippen molar-refractivity contribution in [1.29, 1.82) is 0 Å². The van der Waals surface area contributed by atoms with Gasteiger partial charge in [-0.2, -0.15) is 0 Å². The second kappa shape index (κ2) is 8.54. The number of benzene rings is 2. The Morgan fingerprint density at radius 1 is 0.968 bits per heavy atom. The van der Waals surface area contributed by atoms with Crippen molar-refractivity contribution >= 4 is 37.4 Å². The van der Waals surface area contributed by atoms with Crippen LogP contribution in [0.1, 0.15) is 26.3 Å². The van der Waals surface area contributed by atoms with Crippen LogP contribution < -0.4 is 4.72 Å². The van der Waals surface area contributed by atoms with Crippen molar-refractivity contribution in [2.75, 3.05) is 19.6 Å². The minimum atomic E-state index is -3.85. The Morgan fingerprint density at radius 3 is 2.00 bits per heavy atom. The smallest absolute Gasteiger partial charge is 0.241 e. The third-order valence-corrected chi connectivity index (χ3v) is 9.00. The Hall–Kier alpha value is -1.94. The summed E-state index contributed by atoms with van der Waals surface area (Å²) in [5.41, 5.74) is 0.891. The number of sulfonamides is 1. The summed E-state index contributed by atoms with van der Waals surface area (Å²) < 4.78 is 52.4. The fourth-order valence-electron chi connectivity index (χ4n) is 3.14. The molecule has 1 N–H and O–H groups in total. The number of sulfone groups is 1. The predicted octanol–water partition coefficient (Wildman–Crippen LogP) is 2.60. The van der Waals surface area contributed by atoms with E-state index in [1.54, 1.807) is 12.1 Å². The first-order chi connectivity index (χ1) is 14.3. The van der Waals surface area contributed by atoms with Crippen LogP contribution in [-0.2, 0) is 30.1 Å². The maximum atomic E-state index is 12.6. The lowest BCUT2D eigenvalue weighted by Crippen LogP contribution is -2.58. The molecule has 0 saturated carbocycles. The van der Waals surface area contributed by atoms with Gasteiger partial charge in [-0.05, 0) is 47.4 Å². The van der Waals surface area contributed by atoms with Crippen molar-refractivity contribution in [3.63, 3.8) is 0 Å². The number of carbonyl (C=O) groups is 1. The number of rotatable bonds is 6. The van der Waals surface area contributed by atoms with Crippen LogP contribution in [0.3, 0.4) is 0 Å². The molecule has 0 aliphatic carbocycles. The van der Waals surface area contributed by atoms with Crippen molar-refractivity contribution in [3.05, 3.63) is 59.1 Å². The number of hydrogen-bond acceptors (Lipinski definition) is 5. The van der Waals surface area contributed by atoms with Gasteiger partial charge < -0.3 is 4.90 Å². The summed E-state index contributed by atoms with van der Waals surface area (Å²) in [5, 5.41) is -0.288. The molecule has 31 heavy (non-hydrogen) atoms. The van der Waals surface area contributed by atoms with Crippen LogP contribution >= 0.6 is 11.6 Å². The zero-order valence-electron chi connectivity index (χ0n) is 17.5. The molecule has 7 nitrogen and oxygen atoms in total. The maximum absolute atomic E-state index is 12.6. The Balaban J connectivity index is 1.56. The van der Waals surface area contributed by atoms with Crippen LogP contribution in [0.25, 0.3) is 0 Å². The molecule has 1 fully saturated rings. The summed E-state index contributed by atoms with van der Waals surface area (Å²) in [4.78, 5) is 13.9. The molecule has 1 amide bonds. The Morgan fingerprint density at radius 2 is 1.48 bits per heavy atom. The van der Waals surface area contributed by atoms with E-state index < -0.39 is 37.6 Å². The van der Waals surface area contributed by atoms with Crippen molar-refractivity contribution in [2.45, 2.75) is 41.2 Å². The minimum Gasteiger partial charge on any atom is -0.339 e. The zero-order chi connectivity index (χ0) is 23.0. The van der Waals surface area contributed by atoms with Crippen LogP contribution in [0.2, 0.25) is 5.02 Å². The zero-order valence-corrected chi connectivity index (χ0v) is 19.9. The van der Waals surface area contributed by atoms with Gasteiger partial charge in [0.2, 0.25) is 15.9 Å². The van der Waals surface area contributed by atoms with Crippen LogP contribution in [0.4, 0.5) is 0 Å². The third-order valence-electron chi connectivity index (χ3n) is 5.23. The van der Waals surface area contributed by atoms with Gasteiger partial charge >= 0.3 is 0 Å².